The molecule has 7 heteroatoms. The Balaban J connectivity index is 1.90. The molecule has 1 amide bonds. The second-order valence-corrected chi connectivity index (χ2v) is 8.58. The molecule has 25 heavy (non-hydrogen) atoms. The SMILES string of the molecule is CCCCCN(CC(=O)Nc1ccc(N2CCCC2)cc1)S(C)(=O)=O. The van der Waals surface area contributed by atoms with Crippen molar-refractivity contribution in [1.82, 2.24) is 4.31 Å². The highest BCUT2D eigenvalue weighted by Gasteiger charge is 2.19. The van der Waals surface area contributed by atoms with Crippen LogP contribution < -0.4 is 10.2 Å². The summed E-state index contributed by atoms with van der Waals surface area (Å²) < 4.78 is 24.9. The number of nitrogens with zero attached hydrogens (tertiary/aromatic N) is 2. The van der Waals surface area contributed by atoms with Crippen molar-refractivity contribution in [1.29, 1.82) is 0 Å². The average Bonchev–Trinajstić information content (AvgIpc) is 3.08. The third kappa shape index (κ3) is 6.32. The number of hydrogen-bond donors (Lipinski definition) is 1. The largest absolute Gasteiger partial charge is 0.372 e. The van der Waals surface area contributed by atoms with Gasteiger partial charge in [0, 0.05) is 31.0 Å². The van der Waals surface area contributed by atoms with E-state index in [1.54, 1.807) is 0 Å². The fraction of sp³-hybridized carbons (Fsp3) is 0.611. The number of benzene rings is 1. The van der Waals surface area contributed by atoms with E-state index in [2.05, 4.69) is 17.1 Å². The Morgan fingerprint density at radius 3 is 2.36 bits per heavy atom. The fourth-order valence-corrected chi connectivity index (χ4v) is 3.80. The van der Waals surface area contributed by atoms with Crippen molar-refractivity contribution >= 4 is 27.3 Å². The quantitative estimate of drug-likeness (QED) is 0.681. The van der Waals surface area contributed by atoms with E-state index in [9.17, 15) is 13.2 Å². The van der Waals surface area contributed by atoms with Crippen molar-refractivity contribution in [2.24, 2.45) is 0 Å². The molecule has 0 saturated carbocycles. The molecule has 1 aromatic rings. The summed E-state index contributed by atoms with van der Waals surface area (Å²) in [5.74, 6) is -0.309. The Bertz CT molecular complexity index is 653. The maximum atomic E-state index is 12.2. The number of hydrogen-bond acceptors (Lipinski definition) is 4. The van der Waals surface area contributed by atoms with Crippen LogP contribution in [-0.2, 0) is 14.8 Å². The van der Waals surface area contributed by atoms with Gasteiger partial charge in [0.05, 0.1) is 12.8 Å². The van der Waals surface area contributed by atoms with Crippen molar-refractivity contribution in [3.8, 4) is 0 Å². The zero-order chi connectivity index (χ0) is 18.3. The van der Waals surface area contributed by atoms with Crippen LogP contribution in [0.1, 0.15) is 39.0 Å². The van der Waals surface area contributed by atoms with Crippen molar-refractivity contribution < 1.29 is 13.2 Å². The molecule has 1 saturated heterocycles. The molecule has 0 spiro atoms. The molecule has 1 fully saturated rings. The summed E-state index contributed by atoms with van der Waals surface area (Å²) in [5.41, 5.74) is 1.85. The third-order valence-electron chi connectivity index (χ3n) is 4.42. The Morgan fingerprint density at radius 2 is 1.80 bits per heavy atom. The van der Waals surface area contributed by atoms with Gasteiger partial charge in [0.25, 0.3) is 0 Å². The standard InChI is InChI=1S/C18H29N3O3S/c1-3-4-5-14-21(25(2,23)24)15-18(22)19-16-8-10-17(11-9-16)20-12-6-7-13-20/h8-11H,3-7,12-15H2,1-2H3,(H,19,22). The lowest BCUT2D eigenvalue weighted by atomic mass is 10.2. The van der Waals surface area contributed by atoms with Crippen molar-refractivity contribution in [2.75, 3.05) is 42.7 Å². The minimum Gasteiger partial charge on any atom is -0.372 e. The number of anilines is 2. The molecule has 0 bridgehead atoms. The van der Waals surface area contributed by atoms with Gasteiger partial charge in [-0.1, -0.05) is 19.8 Å². The molecular weight excluding hydrogens is 338 g/mol. The van der Waals surface area contributed by atoms with Crippen molar-refractivity contribution in [3.05, 3.63) is 24.3 Å². The van der Waals surface area contributed by atoms with Crippen LogP contribution in [-0.4, -0.2) is 51.1 Å². The Hall–Kier alpha value is -1.60. The predicted octanol–water partition coefficient (Wildman–Crippen LogP) is 2.68. The number of rotatable bonds is 9. The molecule has 1 aromatic carbocycles. The summed E-state index contributed by atoms with van der Waals surface area (Å²) >= 11 is 0. The maximum Gasteiger partial charge on any atom is 0.239 e. The summed E-state index contributed by atoms with van der Waals surface area (Å²) in [4.78, 5) is 14.5. The molecule has 1 N–H and O–H groups in total. The van der Waals surface area contributed by atoms with Gasteiger partial charge >= 0.3 is 0 Å². The number of nitrogens with one attached hydrogen (secondary N) is 1. The number of amides is 1. The number of carbonyl (C=O) groups is 1. The topological polar surface area (TPSA) is 69.7 Å². The summed E-state index contributed by atoms with van der Waals surface area (Å²) in [5, 5.41) is 2.79. The molecule has 1 heterocycles. The normalized spacial score (nSPS) is 14.9. The van der Waals surface area contributed by atoms with E-state index >= 15 is 0 Å². The highest BCUT2D eigenvalue weighted by atomic mass is 32.2. The first kappa shape index (κ1) is 19.7. The first-order valence-corrected chi connectivity index (χ1v) is 10.8. The molecule has 0 aromatic heterocycles. The van der Waals surface area contributed by atoms with E-state index < -0.39 is 10.0 Å². The van der Waals surface area contributed by atoms with Gasteiger partial charge in [0.15, 0.2) is 0 Å². The Kier molecular flexibility index (Phi) is 7.25. The summed E-state index contributed by atoms with van der Waals surface area (Å²) in [6, 6.07) is 7.73. The van der Waals surface area contributed by atoms with E-state index in [0.29, 0.717) is 12.2 Å². The Labute approximate surface area is 151 Å². The zero-order valence-corrected chi connectivity index (χ0v) is 16.0. The van der Waals surface area contributed by atoms with E-state index in [1.807, 2.05) is 24.3 Å². The van der Waals surface area contributed by atoms with Gasteiger partial charge in [-0.25, -0.2) is 8.42 Å². The first-order chi connectivity index (χ1) is 11.9. The summed E-state index contributed by atoms with van der Waals surface area (Å²) in [6.45, 7) is 4.45. The van der Waals surface area contributed by atoms with Crippen LogP contribution in [0.25, 0.3) is 0 Å². The van der Waals surface area contributed by atoms with Gasteiger partial charge < -0.3 is 10.2 Å². The van der Waals surface area contributed by atoms with Crippen molar-refractivity contribution in [2.45, 2.75) is 39.0 Å². The highest BCUT2D eigenvalue weighted by molar-refractivity contribution is 7.88. The van der Waals surface area contributed by atoms with Crippen LogP contribution in [0.4, 0.5) is 11.4 Å². The number of carbonyl (C=O) groups excluding carboxylic acids is 1. The summed E-state index contributed by atoms with van der Waals surface area (Å²) in [7, 11) is -3.38. The third-order valence-corrected chi connectivity index (χ3v) is 5.67. The maximum absolute atomic E-state index is 12.2. The first-order valence-electron chi connectivity index (χ1n) is 9.00. The molecule has 0 aliphatic carbocycles. The van der Waals surface area contributed by atoms with Gasteiger partial charge in [0.2, 0.25) is 15.9 Å². The molecule has 1 aliphatic rings. The van der Waals surface area contributed by atoms with Crippen LogP contribution in [0.3, 0.4) is 0 Å². The van der Waals surface area contributed by atoms with Crippen LogP contribution in [0, 0.1) is 0 Å². The predicted molar refractivity (Wildman–Crippen MR) is 102 cm³/mol. The van der Waals surface area contributed by atoms with Gasteiger partial charge in [-0.2, -0.15) is 4.31 Å². The molecule has 6 nitrogen and oxygen atoms in total. The molecule has 1 aliphatic heterocycles. The highest BCUT2D eigenvalue weighted by Crippen LogP contribution is 2.22. The van der Waals surface area contributed by atoms with E-state index in [-0.39, 0.29) is 12.5 Å². The molecule has 0 atom stereocenters. The van der Waals surface area contributed by atoms with Crippen LogP contribution >= 0.6 is 0 Å². The monoisotopic (exact) mass is 367 g/mol. The summed E-state index contributed by atoms with van der Waals surface area (Å²) in [6.07, 6.45) is 6.31. The molecule has 0 radical (unpaired) electrons. The molecular formula is C18H29N3O3S. The number of unbranched alkanes of at least 4 members (excludes halogenated alkanes) is 2. The van der Waals surface area contributed by atoms with E-state index in [1.165, 1.54) is 17.1 Å². The fourth-order valence-electron chi connectivity index (χ4n) is 2.99. The van der Waals surface area contributed by atoms with E-state index in [4.69, 9.17) is 0 Å². The van der Waals surface area contributed by atoms with Gasteiger partial charge in [-0.3, -0.25) is 4.79 Å². The number of sulfonamides is 1. The minimum absolute atomic E-state index is 0.142. The van der Waals surface area contributed by atoms with Crippen molar-refractivity contribution in [3.63, 3.8) is 0 Å². The smallest absolute Gasteiger partial charge is 0.239 e. The van der Waals surface area contributed by atoms with Crippen LogP contribution in [0.2, 0.25) is 0 Å². The van der Waals surface area contributed by atoms with Gasteiger partial charge in [-0.15, -0.1) is 0 Å². The van der Waals surface area contributed by atoms with Crippen LogP contribution in [0.15, 0.2) is 24.3 Å². The lowest BCUT2D eigenvalue weighted by molar-refractivity contribution is -0.116. The minimum atomic E-state index is -3.38. The average molecular weight is 368 g/mol. The second kappa shape index (κ2) is 9.20. The van der Waals surface area contributed by atoms with Crippen LogP contribution in [0.5, 0.6) is 0 Å². The molecule has 140 valence electrons. The lowest BCUT2D eigenvalue weighted by Gasteiger charge is -2.20. The molecule has 0 unspecified atom stereocenters. The molecule has 2 rings (SSSR count). The van der Waals surface area contributed by atoms with Gasteiger partial charge in [0.1, 0.15) is 0 Å². The lowest BCUT2D eigenvalue weighted by Crippen LogP contribution is -2.38. The second-order valence-electron chi connectivity index (χ2n) is 6.59. The zero-order valence-electron chi connectivity index (χ0n) is 15.2. The van der Waals surface area contributed by atoms with E-state index in [0.717, 1.165) is 44.3 Å². The van der Waals surface area contributed by atoms with Gasteiger partial charge in [-0.05, 0) is 43.5 Å². The Morgan fingerprint density at radius 1 is 1.16 bits per heavy atom.